The lowest BCUT2D eigenvalue weighted by Gasteiger charge is -2.30. The van der Waals surface area contributed by atoms with Gasteiger partial charge >= 0.3 is 0 Å². The summed E-state index contributed by atoms with van der Waals surface area (Å²) < 4.78 is 0. The highest BCUT2D eigenvalue weighted by atomic mass is 35.5. The molecule has 1 N–H and O–H groups in total. The van der Waals surface area contributed by atoms with Crippen LogP contribution in [0.1, 0.15) is 47.9 Å². The van der Waals surface area contributed by atoms with E-state index in [1.165, 1.54) is 47.9 Å². The summed E-state index contributed by atoms with van der Waals surface area (Å²) in [7, 11) is 0. The zero-order chi connectivity index (χ0) is 14.5. The van der Waals surface area contributed by atoms with Crippen molar-refractivity contribution in [3.8, 4) is 0 Å². The lowest BCUT2D eigenvalue weighted by molar-refractivity contribution is 0.250. The second-order valence-corrected chi connectivity index (χ2v) is 6.78. The first-order valence-electron chi connectivity index (χ1n) is 7.95. The van der Waals surface area contributed by atoms with E-state index < -0.39 is 0 Å². The molecule has 2 heteroatoms. The van der Waals surface area contributed by atoms with E-state index in [4.69, 9.17) is 11.6 Å². The Labute approximate surface area is 129 Å². The highest BCUT2D eigenvalue weighted by Crippen LogP contribution is 2.30. The molecule has 2 atom stereocenters. The van der Waals surface area contributed by atoms with E-state index in [-0.39, 0.29) is 0 Å². The zero-order valence-corrected chi connectivity index (χ0v) is 13.9. The predicted octanol–water partition coefficient (Wildman–Crippen LogP) is 4.75. The lowest BCUT2D eigenvalue weighted by Crippen LogP contribution is -2.31. The van der Waals surface area contributed by atoms with Gasteiger partial charge in [-0.3, -0.25) is 0 Å². The van der Waals surface area contributed by atoms with Crippen LogP contribution in [0, 0.1) is 32.6 Å². The minimum atomic E-state index is 0.720. The first-order chi connectivity index (χ1) is 9.61. The average molecular weight is 294 g/mol. The van der Waals surface area contributed by atoms with Gasteiger partial charge in [0, 0.05) is 12.4 Å². The third-order valence-electron chi connectivity index (χ3n) is 4.81. The molecule has 1 fully saturated rings. The van der Waals surface area contributed by atoms with Crippen LogP contribution in [0.25, 0.3) is 0 Å². The predicted molar refractivity (Wildman–Crippen MR) is 88.5 cm³/mol. The topological polar surface area (TPSA) is 12.0 Å². The molecular weight excluding hydrogens is 266 g/mol. The van der Waals surface area contributed by atoms with E-state index in [9.17, 15) is 0 Å². The van der Waals surface area contributed by atoms with Gasteiger partial charge < -0.3 is 5.32 Å². The summed E-state index contributed by atoms with van der Waals surface area (Å²) in [6.07, 6.45) is 5.40. The molecule has 1 aromatic rings. The molecule has 1 saturated carbocycles. The third kappa shape index (κ3) is 3.99. The molecule has 0 bridgehead atoms. The van der Waals surface area contributed by atoms with Gasteiger partial charge in [-0.25, -0.2) is 0 Å². The largest absolute Gasteiger partial charge is 0.312 e. The van der Waals surface area contributed by atoms with Crippen LogP contribution < -0.4 is 5.32 Å². The molecule has 0 aromatic heterocycles. The lowest BCUT2D eigenvalue weighted by atomic mass is 9.80. The summed E-state index contributed by atoms with van der Waals surface area (Å²) in [4.78, 5) is 0. The van der Waals surface area contributed by atoms with Crippen molar-refractivity contribution in [1.82, 2.24) is 5.32 Å². The van der Waals surface area contributed by atoms with Crippen LogP contribution in [0.3, 0.4) is 0 Å². The van der Waals surface area contributed by atoms with Crippen molar-refractivity contribution < 1.29 is 0 Å². The second kappa shape index (κ2) is 7.47. The van der Waals surface area contributed by atoms with Crippen LogP contribution in [0.5, 0.6) is 0 Å². The van der Waals surface area contributed by atoms with Crippen molar-refractivity contribution in [1.29, 1.82) is 0 Å². The number of hydrogen-bond donors (Lipinski definition) is 1. The van der Waals surface area contributed by atoms with Crippen LogP contribution in [-0.2, 0) is 6.54 Å². The van der Waals surface area contributed by atoms with Gasteiger partial charge in [0.2, 0.25) is 0 Å². The van der Waals surface area contributed by atoms with E-state index in [1.807, 2.05) is 0 Å². The highest BCUT2D eigenvalue weighted by Gasteiger charge is 2.23. The smallest absolute Gasteiger partial charge is 0.0254 e. The molecule has 112 valence electrons. The third-order valence-corrected chi connectivity index (χ3v) is 5.21. The summed E-state index contributed by atoms with van der Waals surface area (Å²) in [6.45, 7) is 8.72. The number of halogens is 1. The normalized spacial score (nSPS) is 23.0. The van der Waals surface area contributed by atoms with Crippen LogP contribution in [0.15, 0.2) is 12.1 Å². The fourth-order valence-electron chi connectivity index (χ4n) is 3.63. The number of aryl methyl sites for hydroxylation is 3. The van der Waals surface area contributed by atoms with Gasteiger partial charge in [0.1, 0.15) is 0 Å². The van der Waals surface area contributed by atoms with Crippen LogP contribution in [0.2, 0.25) is 0 Å². The van der Waals surface area contributed by atoms with E-state index in [0.29, 0.717) is 0 Å². The average Bonchev–Trinajstić information content (AvgIpc) is 2.42. The number of alkyl halides is 1. The quantitative estimate of drug-likeness (QED) is 0.773. The number of nitrogens with one attached hydrogen (secondary N) is 1. The monoisotopic (exact) mass is 293 g/mol. The molecule has 0 saturated heterocycles. The Morgan fingerprint density at radius 2 is 1.65 bits per heavy atom. The molecule has 1 nitrogen and oxygen atoms in total. The van der Waals surface area contributed by atoms with Gasteiger partial charge in [0.15, 0.2) is 0 Å². The number of benzene rings is 1. The Morgan fingerprint density at radius 1 is 1.05 bits per heavy atom. The number of rotatable bonds is 5. The number of hydrogen-bond acceptors (Lipinski definition) is 1. The molecule has 0 spiro atoms. The Balaban J connectivity index is 1.89. The summed E-state index contributed by atoms with van der Waals surface area (Å²) in [5, 5.41) is 3.68. The van der Waals surface area contributed by atoms with Crippen molar-refractivity contribution in [3.63, 3.8) is 0 Å². The Morgan fingerprint density at radius 3 is 2.25 bits per heavy atom. The highest BCUT2D eigenvalue weighted by molar-refractivity contribution is 6.18. The molecule has 2 unspecified atom stereocenters. The molecule has 0 radical (unpaired) electrons. The maximum Gasteiger partial charge on any atom is 0.0254 e. The van der Waals surface area contributed by atoms with E-state index in [2.05, 4.69) is 38.2 Å². The molecule has 1 aliphatic rings. The van der Waals surface area contributed by atoms with Crippen molar-refractivity contribution in [2.24, 2.45) is 11.8 Å². The molecular formula is C18H28ClN. The van der Waals surface area contributed by atoms with Crippen LogP contribution >= 0.6 is 11.6 Å². The molecule has 0 heterocycles. The van der Waals surface area contributed by atoms with E-state index in [1.54, 1.807) is 0 Å². The first-order valence-corrected chi connectivity index (χ1v) is 8.48. The van der Waals surface area contributed by atoms with E-state index in [0.717, 1.165) is 30.8 Å². The van der Waals surface area contributed by atoms with Crippen LogP contribution in [0.4, 0.5) is 0 Å². The van der Waals surface area contributed by atoms with Crippen molar-refractivity contribution in [2.75, 3.05) is 12.4 Å². The summed E-state index contributed by atoms with van der Waals surface area (Å²) in [6, 6.07) is 4.57. The standard InChI is InChI=1S/C18H28ClN/c1-13-8-14(2)18(15(3)9-13)12-20-11-17-7-5-4-6-16(17)10-19/h8-9,16-17,20H,4-7,10-12H2,1-3H3. The van der Waals surface area contributed by atoms with Crippen molar-refractivity contribution in [3.05, 3.63) is 34.4 Å². The Hall–Kier alpha value is -0.530. The molecule has 0 aliphatic heterocycles. The van der Waals surface area contributed by atoms with Crippen molar-refractivity contribution >= 4 is 11.6 Å². The Kier molecular flexibility index (Phi) is 5.92. The molecule has 2 rings (SSSR count). The fraction of sp³-hybridized carbons (Fsp3) is 0.667. The summed E-state index contributed by atoms with van der Waals surface area (Å²) >= 11 is 6.11. The SMILES string of the molecule is Cc1cc(C)c(CNCC2CCCCC2CCl)c(C)c1. The van der Waals surface area contributed by atoms with Gasteiger partial charge in [-0.1, -0.05) is 30.5 Å². The van der Waals surface area contributed by atoms with Gasteiger partial charge in [-0.2, -0.15) is 0 Å². The minimum Gasteiger partial charge on any atom is -0.312 e. The minimum absolute atomic E-state index is 0.720. The molecule has 0 amide bonds. The van der Waals surface area contributed by atoms with E-state index >= 15 is 0 Å². The summed E-state index contributed by atoms with van der Waals surface area (Å²) in [5.41, 5.74) is 5.65. The maximum atomic E-state index is 6.11. The fourth-order valence-corrected chi connectivity index (χ4v) is 4.03. The molecule has 20 heavy (non-hydrogen) atoms. The van der Waals surface area contributed by atoms with Crippen molar-refractivity contribution in [2.45, 2.75) is 53.0 Å². The zero-order valence-electron chi connectivity index (χ0n) is 13.1. The molecule has 1 aliphatic carbocycles. The first kappa shape index (κ1) is 15.9. The van der Waals surface area contributed by atoms with Gasteiger partial charge in [0.25, 0.3) is 0 Å². The summed E-state index contributed by atoms with van der Waals surface area (Å²) in [5.74, 6) is 2.32. The maximum absolute atomic E-state index is 6.11. The van der Waals surface area contributed by atoms with Gasteiger partial charge in [0.05, 0.1) is 0 Å². The second-order valence-electron chi connectivity index (χ2n) is 6.47. The van der Waals surface area contributed by atoms with Gasteiger partial charge in [-0.15, -0.1) is 11.6 Å². The molecule has 1 aromatic carbocycles. The van der Waals surface area contributed by atoms with Crippen LogP contribution in [-0.4, -0.2) is 12.4 Å². The van der Waals surface area contributed by atoms with Gasteiger partial charge in [-0.05, 0) is 68.7 Å². The Bertz CT molecular complexity index is 418.